The molecular weight excluding hydrogens is 307 g/mol. The van der Waals surface area contributed by atoms with Crippen molar-refractivity contribution in [3.05, 3.63) is 65.2 Å². The molecule has 0 amide bonds. The summed E-state index contributed by atoms with van der Waals surface area (Å²) in [7, 11) is -9.58. The van der Waals surface area contributed by atoms with Crippen LogP contribution in [-0.4, -0.2) is 0 Å². The highest BCUT2D eigenvalue weighted by atomic mass is 32.5. The number of hydrogen-bond donors (Lipinski definition) is 0. The first-order chi connectivity index (χ1) is 9.44. The fraction of sp³-hybridized carbons (Fsp3) is 0.0667. The van der Waals surface area contributed by atoms with E-state index in [1.807, 2.05) is 31.2 Å². The van der Waals surface area contributed by atoms with Gasteiger partial charge in [-0.2, -0.15) is 0 Å². The Kier molecular flexibility index (Phi) is 3.21. The molecule has 2 aromatic carbocycles. The molecule has 2 rings (SSSR count). The van der Waals surface area contributed by atoms with Gasteiger partial charge in [0, 0.05) is 0 Å². The molecule has 0 saturated heterocycles. The van der Waals surface area contributed by atoms with Crippen LogP contribution >= 0.6 is 10.2 Å². The lowest BCUT2D eigenvalue weighted by molar-refractivity contribution is 0.364. The first-order valence-electron chi connectivity index (χ1n) is 6.03. The van der Waals surface area contributed by atoms with Crippen molar-refractivity contribution in [3.8, 4) is 0 Å². The summed E-state index contributed by atoms with van der Waals surface area (Å²) in [5, 5.41) is 0. The third-order valence-electron chi connectivity index (χ3n) is 2.87. The van der Waals surface area contributed by atoms with Gasteiger partial charge in [-0.15, -0.1) is 0 Å². The van der Waals surface area contributed by atoms with Crippen LogP contribution in [0, 0.1) is 6.92 Å². The van der Waals surface area contributed by atoms with E-state index in [2.05, 4.69) is 0 Å². The van der Waals surface area contributed by atoms with E-state index in [1.165, 1.54) is 0 Å². The lowest BCUT2D eigenvalue weighted by atomic mass is 10.1. The van der Waals surface area contributed by atoms with Crippen molar-refractivity contribution >= 4 is 22.4 Å². The van der Waals surface area contributed by atoms with Crippen LogP contribution in [0.25, 0.3) is 12.2 Å². The van der Waals surface area contributed by atoms with Crippen molar-refractivity contribution in [3.63, 3.8) is 0 Å². The number of rotatable bonds is 3. The summed E-state index contributed by atoms with van der Waals surface area (Å²) >= 11 is 0. The molecule has 0 aliphatic carbocycles. The molecule has 0 radical (unpaired) electrons. The quantitative estimate of drug-likeness (QED) is 0.430. The van der Waals surface area contributed by atoms with Crippen molar-refractivity contribution in [2.45, 2.75) is 11.8 Å². The van der Waals surface area contributed by atoms with Crippen molar-refractivity contribution in [2.75, 3.05) is 0 Å². The van der Waals surface area contributed by atoms with Crippen LogP contribution in [0.15, 0.2) is 53.4 Å². The van der Waals surface area contributed by atoms with E-state index in [0.29, 0.717) is 17.7 Å². The number of aryl methyl sites for hydroxylation is 1. The molecule has 0 bridgehead atoms. The van der Waals surface area contributed by atoms with E-state index in [0.717, 1.165) is 23.3 Å². The second-order valence-electron chi connectivity index (χ2n) is 4.78. The Bertz CT molecular complexity index is 667. The second-order valence-corrected chi connectivity index (χ2v) is 7.19. The van der Waals surface area contributed by atoms with Gasteiger partial charge in [0.15, 0.2) is 0 Å². The van der Waals surface area contributed by atoms with Gasteiger partial charge < -0.3 is 0 Å². The van der Waals surface area contributed by atoms with Crippen LogP contribution in [0.3, 0.4) is 0 Å². The van der Waals surface area contributed by atoms with Gasteiger partial charge in [-0.1, -0.05) is 73.5 Å². The van der Waals surface area contributed by atoms with Crippen LogP contribution in [0.1, 0.15) is 16.7 Å². The molecule has 0 fully saturated rings. The summed E-state index contributed by atoms with van der Waals surface area (Å²) in [5.41, 5.74) is 2.38. The van der Waals surface area contributed by atoms with Crippen LogP contribution in [0.4, 0.5) is 19.4 Å². The zero-order valence-corrected chi connectivity index (χ0v) is 11.9. The SMILES string of the molecule is Cc1ccc(C=Cc2ccc(S(F)(F)(F)(F)F)cc2)cc1. The summed E-state index contributed by atoms with van der Waals surface area (Å²) in [6, 6.07) is 10.4. The third kappa shape index (κ3) is 4.32. The fourth-order valence-corrected chi connectivity index (χ4v) is 2.36. The van der Waals surface area contributed by atoms with Crippen LogP contribution in [0.2, 0.25) is 0 Å². The molecule has 0 heterocycles. The minimum absolute atomic E-state index is 0.413. The van der Waals surface area contributed by atoms with Gasteiger partial charge in [0.2, 0.25) is 0 Å². The molecule has 0 N–H and O–H groups in total. The topological polar surface area (TPSA) is 0 Å². The zero-order valence-electron chi connectivity index (χ0n) is 11.1. The Morgan fingerprint density at radius 2 is 1.05 bits per heavy atom. The molecule has 6 heteroatoms. The van der Waals surface area contributed by atoms with Crippen molar-refractivity contribution in [2.24, 2.45) is 0 Å². The van der Waals surface area contributed by atoms with E-state index >= 15 is 0 Å². The van der Waals surface area contributed by atoms with Gasteiger partial charge in [0.1, 0.15) is 4.90 Å². The van der Waals surface area contributed by atoms with E-state index in [4.69, 9.17) is 0 Å². The fourth-order valence-electron chi connectivity index (χ4n) is 1.71. The van der Waals surface area contributed by atoms with Gasteiger partial charge in [0.05, 0.1) is 0 Å². The predicted octanol–water partition coefficient (Wildman–Crippen LogP) is 6.82. The zero-order chi connectivity index (χ0) is 15.8. The Balaban J connectivity index is 2.23. The summed E-state index contributed by atoms with van der Waals surface area (Å²) in [4.78, 5) is -1.87. The Labute approximate surface area is 119 Å². The highest BCUT2D eigenvalue weighted by molar-refractivity contribution is 8.45. The van der Waals surface area contributed by atoms with E-state index in [-0.39, 0.29) is 0 Å². The second kappa shape index (κ2) is 4.34. The average molecular weight is 320 g/mol. The van der Waals surface area contributed by atoms with E-state index in [1.54, 1.807) is 12.2 Å². The monoisotopic (exact) mass is 320 g/mol. The van der Waals surface area contributed by atoms with Gasteiger partial charge in [-0.25, -0.2) is 0 Å². The third-order valence-corrected chi connectivity index (χ3v) is 4.03. The molecule has 0 aromatic heterocycles. The van der Waals surface area contributed by atoms with Crippen molar-refractivity contribution in [1.82, 2.24) is 0 Å². The maximum atomic E-state index is 12.5. The number of halogens is 5. The first kappa shape index (κ1) is 15.6. The Morgan fingerprint density at radius 1 is 0.667 bits per heavy atom. The van der Waals surface area contributed by atoms with E-state index < -0.39 is 15.1 Å². The van der Waals surface area contributed by atoms with Gasteiger partial charge >= 0.3 is 10.2 Å². The minimum Gasteiger partial charge on any atom is -0.0936 e. The maximum absolute atomic E-state index is 12.5. The molecule has 0 aliphatic rings. The highest BCUT2D eigenvalue weighted by Crippen LogP contribution is 3.02. The first-order valence-corrected chi connectivity index (χ1v) is 7.98. The smallest absolute Gasteiger partial charge is 0.0936 e. The lowest BCUT2D eigenvalue weighted by Crippen LogP contribution is -2.05. The molecule has 0 saturated carbocycles. The van der Waals surface area contributed by atoms with Crippen LogP contribution < -0.4 is 0 Å². The van der Waals surface area contributed by atoms with Crippen molar-refractivity contribution in [1.29, 1.82) is 0 Å². The molecule has 0 aliphatic heterocycles. The summed E-state index contributed by atoms with van der Waals surface area (Å²) in [5.74, 6) is 0. The minimum atomic E-state index is -9.58. The van der Waals surface area contributed by atoms with Gasteiger partial charge in [0.25, 0.3) is 0 Å². The summed E-state index contributed by atoms with van der Waals surface area (Å²) in [6.07, 6.45) is 3.27. The molecule has 0 nitrogen and oxygen atoms in total. The largest absolute Gasteiger partial charge is 0.310 e. The standard InChI is InChI=1S/C15H13F5S/c1-12-2-4-13(5-3-12)6-7-14-8-10-15(11-9-14)21(16,17,18,19)20/h2-11H,1H3. The molecule has 0 unspecified atom stereocenters. The molecular formula is C15H13F5S. The van der Waals surface area contributed by atoms with Crippen LogP contribution in [0.5, 0.6) is 0 Å². The Morgan fingerprint density at radius 3 is 1.43 bits per heavy atom. The molecule has 114 valence electrons. The summed E-state index contributed by atoms with van der Waals surface area (Å²) < 4.78 is 62.7. The van der Waals surface area contributed by atoms with E-state index in [9.17, 15) is 19.4 Å². The van der Waals surface area contributed by atoms with Gasteiger partial charge in [-0.05, 0) is 30.2 Å². The Hall–Kier alpha value is -1.82. The molecule has 0 spiro atoms. The predicted molar refractivity (Wildman–Crippen MR) is 77.9 cm³/mol. The lowest BCUT2D eigenvalue weighted by Gasteiger charge is -2.40. The van der Waals surface area contributed by atoms with Gasteiger partial charge in [-0.3, -0.25) is 0 Å². The average Bonchev–Trinajstić information content (AvgIpc) is 2.36. The maximum Gasteiger partial charge on any atom is 0.310 e. The van der Waals surface area contributed by atoms with Crippen molar-refractivity contribution < 1.29 is 19.4 Å². The molecule has 0 atom stereocenters. The number of benzene rings is 2. The molecule has 21 heavy (non-hydrogen) atoms. The number of hydrogen-bond acceptors (Lipinski definition) is 0. The summed E-state index contributed by atoms with van der Waals surface area (Å²) in [6.45, 7) is 1.94. The highest BCUT2D eigenvalue weighted by Gasteiger charge is 2.65. The normalized spacial score (nSPS) is 15.7. The molecule has 2 aromatic rings. The van der Waals surface area contributed by atoms with Crippen LogP contribution in [-0.2, 0) is 0 Å².